The summed E-state index contributed by atoms with van der Waals surface area (Å²) in [5, 5.41) is 0.440. The van der Waals surface area contributed by atoms with E-state index in [1.807, 2.05) is 43.7 Å². The summed E-state index contributed by atoms with van der Waals surface area (Å²) >= 11 is 1.98. The molecule has 5 rings (SSSR count). The molecule has 0 N–H and O–H groups in total. The number of nitrogens with zero attached hydrogens (tertiary/aromatic N) is 5. The van der Waals surface area contributed by atoms with Crippen molar-refractivity contribution in [1.29, 1.82) is 0 Å². The molecule has 166 valence electrons. The maximum Gasteiger partial charge on any atom is 0.191 e. The van der Waals surface area contributed by atoms with Crippen LogP contribution in [-0.4, -0.2) is 29.3 Å². The first kappa shape index (κ1) is 21.1. The molecule has 3 atom stereocenters. The van der Waals surface area contributed by atoms with E-state index in [2.05, 4.69) is 62.7 Å². The van der Waals surface area contributed by atoms with Crippen molar-refractivity contribution in [2.75, 3.05) is 0 Å². The minimum Gasteiger partial charge on any atom is -0.444 e. The summed E-state index contributed by atoms with van der Waals surface area (Å²) in [6.45, 7) is 4.04. The zero-order valence-corrected chi connectivity index (χ0v) is 19.4. The Morgan fingerprint density at radius 1 is 0.969 bits per heavy atom. The van der Waals surface area contributed by atoms with E-state index < -0.39 is 0 Å². The van der Waals surface area contributed by atoms with Gasteiger partial charge >= 0.3 is 0 Å². The highest BCUT2D eigenvalue weighted by molar-refractivity contribution is 7.99. The Bertz CT molecular complexity index is 1120. The van der Waals surface area contributed by atoms with Gasteiger partial charge in [0, 0.05) is 42.5 Å². The van der Waals surface area contributed by atoms with Crippen molar-refractivity contribution in [3.8, 4) is 11.3 Å². The first-order valence-corrected chi connectivity index (χ1v) is 12.3. The van der Waals surface area contributed by atoms with Crippen molar-refractivity contribution in [2.24, 2.45) is 0 Å². The lowest BCUT2D eigenvalue weighted by Gasteiger charge is -2.33. The Kier molecular flexibility index (Phi) is 6.17. The predicted octanol–water partition coefficient (Wildman–Crippen LogP) is 6.01. The summed E-state index contributed by atoms with van der Waals surface area (Å²) in [6.07, 6.45) is 16.6. The summed E-state index contributed by atoms with van der Waals surface area (Å²) in [4.78, 5) is 13.4. The standard InChI is InChI=1S/C25H29N5OS/c1-18-7-9-20(10-8-18)24-22(31-19(2)28-24)15-32-23-6-4-3-5-21(29-13-11-26-16-29)25(23)30-14-12-27-17-30/h7-14,16-17,21,23,25H,3-6,15H2,1-2H3. The van der Waals surface area contributed by atoms with Crippen LogP contribution in [0.4, 0.5) is 0 Å². The zero-order chi connectivity index (χ0) is 21.9. The second kappa shape index (κ2) is 9.36. The third-order valence-electron chi connectivity index (χ3n) is 6.35. The van der Waals surface area contributed by atoms with Crippen LogP contribution in [0.25, 0.3) is 11.3 Å². The fourth-order valence-electron chi connectivity index (χ4n) is 4.78. The van der Waals surface area contributed by atoms with Gasteiger partial charge in [0.25, 0.3) is 0 Å². The molecule has 6 nitrogen and oxygen atoms in total. The minimum absolute atomic E-state index is 0.311. The molecule has 0 saturated heterocycles. The van der Waals surface area contributed by atoms with Gasteiger partial charge in [-0.15, -0.1) is 11.8 Å². The van der Waals surface area contributed by atoms with Gasteiger partial charge < -0.3 is 13.6 Å². The number of benzene rings is 1. The van der Waals surface area contributed by atoms with Crippen molar-refractivity contribution in [3.63, 3.8) is 0 Å². The maximum atomic E-state index is 6.08. The van der Waals surface area contributed by atoms with Crippen LogP contribution < -0.4 is 0 Å². The van der Waals surface area contributed by atoms with Crippen LogP contribution in [0.3, 0.4) is 0 Å². The van der Waals surface area contributed by atoms with Crippen molar-refractivity contribution < 1.29 is 4.42 Å². The number of oxazole rings is 1. The average molecular weight is 448 g/mol. The number of hydrogen-bond donors (Lipinski definition) is 0. The number of hydrogen-bond acceptors (Lipinski definition) is 5. The van der Waals surface area contributed by atoms with Crippen molar-refractivity contribution in [3.05, 3.63) is 78.9 Å². The molecule has 4 aromatic rings. The highest BCUT2D eigenvalue weighted by Gasteiger charge is 2.34. The van der Waals surface area contributed by atoms with Crippen molar-refractivity contribution in [2.45, 2.75) is 62.6 Å². The average Bonchev–Trinajstić information content (AvgIpc) is 3.55. The van der Waals surface area contributed by atoms with Gasteiger partial charge in [-0.3, -0.25) is 0 Å². The molecule has 0 bridgehead atoms. The number of rotatable bonds is 6. The first-order valence-electron chi connectivity index (χ1n) is 11.3. The largest absolute Gasteiger partial charge is 0.444 e. The Labute approximate surface area is 193 Å². The number of thioether (sulfide) groups is 1. The van der Waals surface area contributed by atoms with Crippen LogP contribution in [0.1, 0.15) is 55.0 Å². The molecular formula is C25H29N5OS. The topological polar surface area (TPSA) is 61.7 Å². The number of aromatic nitrogens is 5. The van der Waals surface area contributed by atoms with Gasteiger partial charge in [0.05, 0.1) is 30.5 Å². The van der Waals surface area contributed by atoms with Gasteiger partial charge in [-0.05, 0) is 19.8 Å². The smallest absolute Gasteiger partial charge is 0.191 e. The third-order valence-corrected chi connectivity index (χ3v) is 7.72. The number of aryl methyl sites for hydroxylation is 2. The Morgan fingerprint density at radius 2 is 1.69 bits per heavy atom. The van der Waals surface area contributed by atoms with Gasteiger partial charge in [-0.1, -0.05) is 42.7 Å². The molecule has 3 unspecified atom stereocenters. The molecule has 0 radical (unpaired) electrons. The molecule has 7 heteroatoms. The normalized spacial score (nSPS) is 21.5. The van der Waals surface area contributed by atoms with E-state index in [4.69, 9.17) is 9.40 Å². The lowest BCUT2D eigenvalue weighted by molar-refractivity contribution is 0.313. The lowest BCUT2D eigenvalue weighted by Crippen LogP contribution is -2.29. The molecule has 1 fully saturated rings. The molecule has 0 spiro atoms. The second-order valence-corrected chi connectivity index (χ2v) is 9.81. The van der Waals surface area contributed by atoms with Crippen LogP contribution in [0.5, 0.6) is 0 Å². The molecule has 1 saturated carbocycles. The summed E-state index contributed by atoms with van der Waals surface area (Å²) in [5.41, 5.74) is 3.33. The Balaban J connectivity index is 1.42. The van der Waals surface area contributed by atoms with Gasteiger partial charge in [-0.2, -0.15) is 0 Å². The molecule has 3 heterocycles. The highest BCUT2D eigenvalue weighted by atomic mass is 32.2. The Morgan fingerprint density at radius 3 is 2.41 bits per heavy atom. The van der Waals surface area contributed by atoms with Crippen molar-refractivity contribution in [1.82, 2.24) is 24.1 Å². The van der Waals surface area contributed by atoms with E-state index in [0.717, 1.165) is 35.1 Å². The van der Waals surface area contributed by atoms with Gasteiger partial charge in [0.15, 0.2) is 5.89 Å². The molecule has 32 heavy (non-hydrogen) atoms. The number of imidazole rings is 2. The molecule has 0 aliphatic heterocycles. The van der Waals surface area contributed by atoms with Crippen LogP contribution >= 0.6 is 11.8 Å². The summed E-state index contributed by atoms with van der Waals surface area (Å²) in [5.74, 6) is 2.49. The quantitative estimate of drug-likeness (QED) is 0.339. The van der Waals surface area contributed by atoms with Crippen LogP contribution in [-0.2, 0) is 5.75 Å². The van der Waals surface area contributed by atoms with Gasteiger partial charge in [0.1, 0.15) is 11.5 Å². The van der Waals surface area contributed by atoms with Crippen LogP contribution in [0, 0.1) is 13.8 Å². The molecule has 1 aromatic carbocycles. The molecule has 0 amide bonds. The zero-order valence-electron chi connectivity index (χ0n) is 18.6. The summed E-state index contributed by atoms with van der Waals surface area (Å²) in [7, 11) is 0. The van der Waals surface area contributed by atoms with E-state index in [-0.39, 0.29) is 0 Å². The minimum atomic E-state index is 0.311. The maximum absolute atomic E-state index is 6.08. The monoisotopic (exact) mass is 447 g/mol. The van der Waals surface area contributed by atoms with Gasteiger partial charge in [0.2, 0.25) is 0 Å². The van der Waals surface area contributed by atoms with E-state index in [1.165, 1.54) is 24.8 Å². The van der Waals surface area contributed by atoms with Gasteiger partial charge in [-0.25, -0.2) is 15.0 Å². The molecule has 3 aromatic heterocycles. The summed E-state index contributed by atoms with van der Waals surface area (Å²) < 4.78 is 10.6. The molecular weight excluding hydrogens is 418 g/mol. The Hall–Kier alpha value is -2.80. The lowest BCUT2D eigenvalue weighted by atomic mass is 10.0. The predicted molar refractivity (Wildman–Crippen MR) is 127 cm³/mol. The second-order valence-electron chi connectivity index (χ2n) is 8.58. The van der Waals surface area contributed by atoms with Crippen LogP contribution in [0.2, 0.25) is 0 Å². The van der Waals surface area contributed by atoms with Crippen LogP contribution in [0.15, 0.2) is 66.1 Å². The molecule has 1 aliphatic rings. The van der Waals surface area contributed by atoms with E-state index in [0.29, 0.717) is 17.3 Å². The van der Waals surface area contributed by atoms with E-state index in [1.54, 1.807) is 0 Å². The third kappa shape index (κ3) is 4.39. The fraction of sp³-hybridized carbons (Fsp3) is 0.400. The highest BCUT2D eigenvalue weighted by Crippen LogP contribution is 2.43. The summed E-state index contributed by atoms with van der Waals surface area (Å²) in [6, 6.07) is 9.20. The SMILES string of the molecule is Cc1ccc(-c2nc(C)oc2CSC2CCCCC(n3ccnc3)C2n2ccnc2)cc1. The molecule has 1 aliphatic carbocycles. The van der Waals surface area contributed by atoms with E-state index in [9.17, 15) is 0 Å². The van der Waals surface area contributed by atoms with Crippen molar-refractivity contribution >= 4 is 11.8 Å². The fourth-order valence-corrected chi connectivity index (χ4v) is 6.20. The first-order chi connectivity index (χ1) is 15.7. The van der Waals surface area contributed by atoms with E-state index >= 15 is 0 Å².